The first-order valence-corrected chi connectivity index (χ1v) is 8.93. The average Bonchev–Trinajstić information content (AvgIpc) is 2.49. The summed E-state index contributed by atoms with van der Waals surface area (Å²) in [6, 6.07) is 0. The zero-order valence-electron chi connectivity index (χ0n) is 15.6. The molecule has 0 unspecified atom stereocenters. The van der Waals surface area contributed by atoms with Gasteiger partial charge >= 0.3 is 29.8 Å². The Kier molecular flexibility index (Phi) is 8.54. The van der Waals surface area contributed by atoms with E-state index in [2.05, 4.69) is 0 Å². The first-order chi connectivity index (χ1) is 12.5. The highest BCUT2D eigenvalue weighted by Gasteiger charge is 2.53. The fourth-order valence-corrected chi connectivity index (χ4v) is 3.86. The number of esters is 5. The molecule has 0 amide bonds. The summed E-state index contributed by atoms with van der Waals surface area (Å²) in [5.41, 5.74) is -1.07. The van der Waals surface area contributed by atoms with E-state index < -0.39 is 58.8 Å². The molecular weight excluding hydrogens is 384 g/mol. The number of carbonyl (C=O) groups is 5. The Morgan fingerprint density at radius 3 is 1.52 bits per heavy atom. The fourth-order valence-electron chi connectivity index (χ4n) is 2.45. The van der Waals surface area contributed by atoms with E-state index in [1.807, 2.05) is 0 Å². The zero-order chi connectivity index (χ0) is 20.7. The summed E-state index contributed by atoms with van der Waals surface area (Å²) in [5, 5.41) is -0.738. The Labute approximate surface area is 160 Å². The van der Waals surface area contributed by atoms with Gasteiger partial charge in [0.25, 0.3) is 0 Å². The summed E-state index contributed by atoms with van der Waals surface area (Å²) in [5.74, 6) is -3.36. The van der Waals surface area contributed by atoms with Gasteiger partial charge in [0.1, 0.15) is 6.61 Å². The molecule has 11 heteroatoms. The van der Waals surface area contributed by atoms with Crippen LogP contribution in [-0.2, 0) is 47.7 Å². The Balaban J connectivity index is 3.29. The minimum atomic E-state index is -1.26. The number of hydrogen-bond acceptors (Lipinski definition) is 11. The quantitative estimate of drug-likeness (QED) is 0.447. The third kappa shape index (κ3) is 7.45. The van der Waals surface area contributed by atoms with E-state index in [1.54, 1.807) is 0 Å². The van der Waals surface area contributed by atoms with E-state index in [4.69, 9.17) is 23.7 Å². The summed E-state index contributed by atoms with van der Waals surface area (Å²) in [7, 11) is 0. The Bertz CT molecular complexity index is 604. The van der Waals surface area contributed by atoms with Crippen molar-refractivity contribution in [1.82, 2.24) is 0 Å². The third-order valence-corrected chi connectivity index (χ3v) is 4.62. The molecule has 0 aromatic carbocycles. The summed E-state index contributed by atoms with van der Waals surface area (Å²) >= 11 is 0.967. The lowest BCUT2D eigenvalue weighted by Crippen LogP contribution is -2.59. The van der Waals surface area contributed by atoms with Crippen LogP contribution in [0.2, 0.25) is 0 Å². The van der Waals surface area contributed by atoms with Gasteiger partial charge in [-0.15, -0.1) is 11.8 Å². The summed E-state index contributed by atoms with van der Waals surface area (Å²) in [4.78, 5) is 57.2. The van der Waals surface area contributed by atoms with Crippen LogP contribution in [0.4, 0.5) is 0 Å². The van der Waals surface area contributed by atoms with Crippen molar-refractivity contribution < 1.29 is 47.7 Å². The molecule has 1 aliphatic rings. The molecule has 0 radical (unpaired) electrons. The van der Waals surface area contributed by atoms with Gasteiger partial charge in [-0.2, -0.15) is 0 Å². The number of rotatable bonds is 6. The molecule has 0 N–H and O–H groups in total. The second kappa shape index (κ2) is 10.1. The molecule has 0 aromatic heterocycles. The summed E-state index contributed by atoms with van der Waals surface area (Å²) < 4.78 is 25.8. The lowest BCUT2D eigenvalue weighted by atomic mass is 10.0. The van der Waals surface area contributed by atoms with E-state index in [-0.39, 0.29) is 6.61 Å². The van der Waals surface area contributed by atoms with Crippen LogP contribution in [-0.4, -0.2) is 65.5 Å². The Hall–Kier alpha value is -2.30. The van der Waals surface area contributed by atoms with Crippen LogP contribution in [0.3, 0.4) is 0 Å². The molecule has 10 nitrogen and oxygen atoms in total. The Morgan fingerprint density at radius 2 is 1.07 bits per heavy atom. The second-order valence-electron chi connectivity index (χ2n) is 5.68. The van der Waals surface area contributed by atoms with Crippen LogP contribution >= 0.6 is 11.8 Å². The molecular formula is C16H22O10S. The van der Waals surface area contributed by atoms with Gasteiger partial charge in [-0.25, -0.2) is 0 Å². The van der Waals surface area contributed by atoms with Crippen LogP contribution in [0.25, 0.3) is 0 Å². The van der Waals surface area contributed by atoms with Gasteiger partial charge in [0.2, 0.25) is 0 Å². The molecule has 27 heavy (non-hydrogen) atoms. The molecule has 1 heterocycles. The number of thioether (sulfide) groups is 1. The van der Waals surface area contributed by atoms with E-state index in [9.17, 15) is 24.0 Å². The van der Waals surface area contributed by atoms with Gasteiger partial charge in [-0.3, -0.25) is 24.0 Å². The normalized spacial score (nSPS) is 27.1. The van der Waals surface area contributed by atoms with Gasteiger partial charge in [-0.1, -0.05) is 0 Å². The molecule has 1 rings (SSSR count). The average molecular weight is 406 g/mol. The van der Waals surface area contributed by atoms with Crippen LogP contribution in [0, 0.1) is 0 Å². The fraction of sp³-hybridized carbons (Fsp3) is 0.688. The first kappa shape index (κ1) is 22.7. The second-order valence-corrected chi connectivity index (χ2v) is 7.02. The van der Waals surface area contributed by atoms with E-state index in [1.165, 1.54) is 6.92 Å². The van der Waals surface area contributed by atoms with Gasteiger partial charge in [-0.05, 0) is 0 Å². The van der Waals surface area contributed by atoms with E-state index >= 15 is 0 Å². The smallest absolute Gasteiger partial charge is 0.303 e. The number of ether oxygens (including phenoxy) is 5. The highest BCUT2D eigenvalue weighted by atomic mass is 32.2. The third-order valence-electron chi connectivity index (χ3n) is 3.23. The maximum Gasteiger partial charge on any atom is 0.303 e. The monoisotopic (exact) mass is 406 g/mol. The lowest BCUT2D eigenvalue weighted by Gasteiger charge is -2.43. The summed E-state index contributed by atoms with van der Waals surface area (Å²) in [6.07, 6.45) is -3.59. The van der Waals surface area contributed by atoms with Crippen molar-refractivity contribution in [1.29, 1.82) is 0 Å². The molecule has 0 saturated carbocycles. The van der Waals surface area contributed by atoms with Crippen LogP contribution in [0.1, 0.15) is 34.6 Å². The topological polar surface area (TPSA) is 132 Å². The molecule has 1 saturated heterocycles. The van der Waals surface area contributed by atoms with Crippen molar-refractivity contribution in [3.8, 4) is 0 Å². The maximum absolute atomic E-state index is 11.6. The van der Waals surface area contributed by atoms with Crippen LogP contribution in [0.15, 0.2) is 0 Å². The van der Waals surface area contributed by atoms with E-state index in [0.717, 1.165) is 39.5 Å². The molecule has 0 spiro atoms. The maximum atomic E-state index is 11.6. The minimum Gasteiger partial charge on any atom is -0.465 e. The van der Waals surface area contributed by atoms with Gasteiger partial charge in [0, 0.05) is 34.6 Å². The number of carbonyl (C=O) groups excluding carboxylic acids is 5. The van der Waals surface area contributed by atoms with Crippen molar-refractivity contribution in [2.45, 2.75) is 63.6 Å². The highest BCUT2D eigenvalue weighted by molar-refractivity contribution is 8.00. The molecule has 0 aliphatic carbocycles. The predicted molar refractivity (Wildman–Crippen MR) is 90.2 cm³/mol. The minimum absolute atomic E-state index is 0.208. The van der Waals surface area contributed by atoms with Crippen molar-refractivity contribution in [2.75, 3.05) is 6.61 Å². The summed E-state index contributed by atoms with van der Waals surface area (Å²) in [6.45, 7) is 5.55. The molecule has 0 aromatic rings. The first-order valence-electron chi connectivity index (χ1n) is 7.99. The molecule has 152 valence electrons. The van der Waals surface area contributed by atoms with Crippen LogP contribution in [0.5, 0.6) is 0 Å². The largest absolute Gasteiger partial charge is 0.465 e. The Morgan fingerprint density at radius 1 is 0.630 bits per heavy atom. The lowest BCUT2D eigenvalue weighted by molar-refractivity contribution is -0.195. The van der Waals surface area contributed by atoms with Crippen molar-refractivity contribution in [2.24, 2.45) is 0 Å². The van der Waals surface area contributed by atoms with E-state index in [0.29, 0.717) is 0 Å². The van der Waals surface area contributed by atoms with Crippen molar-refractivity contribution in [3.05, 3.63) is 0 Å². The van der Waals surface area contributed by atoms with Crippen molar-refractivity contribution in [3.63, 3.8) is 0 Å². The molecule has 0 bridgehead atoms. The zero-order valence-corrected chi connectivity index (χ0v) is 16.4. The molecule has 5 atom stereocenters. The SMILES string of the molecule is CC(=O)OC[C@@H]1S[C@H](OC(C)=O)[C@H](OC(C)=O)[C@@H](OC(C)=O)[C@H]1OC(C)=O. The van der Waals surface area contributed by atoms with Gasteiger partial charge in [0.05, 0.1) is 5.25 Å². The van der Waals surface area contributed by atoms with Gasteiger partial charge in [0.15, 0.2) is 23.7 Å². The van der Waals surface area contributed by atoms with Crippen molar-refractivity contribution >= 4 is 41.6 Å². The van der Waals surface area contributed by atoms with Gasteiger partial charge < -0.3 is 23.7 Å². The van der Waals surface area contributed by atoms with Crippen LogP contribution < -0.4 is 0 Å². The predicted octanol–water partition coefficient (Wildman–Crippen LogP) is 0.349. The number of hydrogen-bond donors (Lipinski definition) is 0. The highest BCUT2D eigenvalue weighted by Crippen LogP contribution is 2.38. The molecule has 1 fully saturated rings. The molecule has 1 aliphatic heterocycles. The standard InChI is InChI=1S/C16H22O10S/c1-7(17)22-6-12-13(23-8(2)18)14(24-9(3)19)15(25-10(4)20)16(27-12)26-11(5)21/h12-16H,6H2,1-5H3/t12-,13-,14-,15+,16-/m0/s1.